The maximum Gasteiger partial charge on any atom is 0.0619 e. The fourth-order valence-corrected chi connectivity index (χ4v) is 9.49. The number of benzene rings is 4. The Morgan fingerprint density at radius 3 is 1.19 bits per heavy atom. The summed E-state index contributed by atoms with van der Waals surface area (Å²) >= 11 is 7.17. The fraction of sp³-hybridized carbons (Fsp3) is 0.111. The van der Waals surface area contributed by atoms with Crippen molar-refractivity contribution >= 4 is 48.7 Å². The zero-order valence-electron chi connectivity index (χ0n) is 17.1. The van der Waals surface area contributed by atoms with Gasteiger partial charge in [0.05, 0.1) is 5.12 Å². The van der Waals surface area contributed by atoms with E-state index < -0.39 is 15.8 Å². The number of rotatable bonds is 8. The van der Waals surface area contributed by atoms with E-state index in [1.807, 2.05) is 0 Å². The van der Waals surface area contributed by atoms with Crippen molar-refractivity contribution in [1.82, 2.24) is 0 Å². The predicted octanol–water partition coefficient (Wildman–Crippen LogP) is 6.20. The molecule has 0 fully saturated rings. The van der Waals surface area contributed by atoms with Gasteiger partial charge in [-0.3, -0.25) is 0 Å². The summed E-state index contributed by atoms with van der Waals surface area (Å²) in [5.74, 6) is 0. The van der Waals surface area contributed by atoms with Gasteiger partial charge in [-0.15, -0.1) is 11.6 Å². The molecule has 0 amide bonds. The number of halogens is 1. The summed E-state index contributed by atoms with van der Waals surface area (Å²) in [6, 6.07) is 43.4. The molecular weight excluding hydrogens is 480 g/mol. The van der Waals surface area contributed by atoms with Crippen molar-refractivity contribution in [2.24, 2.45) is 0 Å². The number of hydrogen-bond acceptors (Lipinski definition) is 0. The topological polar surface area (TPSA) is 0 Å². The van der Waals surface area contributed by atoms with Gasteiger partial charge >= 0.3 is 0 Å². The quantitative estimate of drug-likeness (QED) is 0.152. The van der Waals surface area contributed by atoms with Gasteiger partial charge < -0.3 is 0 Å². The molecule has 0 bridgehead atoms. The SMILES string of the molecule is ClC(CCP(c1ccccc1)c1ccccc1)P(c1ccccc1)c1ccccc1.[Ni]. The average molecular weight is 506 g/mol. The molecule has 0 aliphatic rings. The Morgan fingerprint density at radius 1 is 0.516 bits per heavy atom. The van der Waals surface area contributed by atoms with Gasteiger partial charge in [0.25, 0.3) is 0 Å². The molecule has 0 heterocycles. The van der Waals surface area contributed by atoms with E-state index in [0.29, 0.717) is 0 Å². The predicted molar refractivity (Wildman–Crippen MR) is 137 cm³/mol. The second kappa shape index (κ2) is 12.5. The van der Waals surface area contributed by atoms with Crippen LogP contribution in [0.2, 0.25) is 0 Å². The van der Waals surface area contributed by atoms with E-state index in [9.17, 15) is 0 Å². The normalized spacial score (nSPS) is 11.8. The molecule has 0 nitrogen and oxygen atoms in total. The Balaban J connectivity index is 0.00000272. The molecule has 0 N–H and O–H groups in total. The molecule has 4 aromatic rings. The van der Waals surface area contributed by atoms with Crippen LogP contribution in [0.5, 0.6) is 0 Å². The van der Waals surface area contributed by atoms with Crippen molar-refractivity contribution in [2.45, 2.75) is 11.5 Å². The van der Waals surface area contributed by atoms with Crippen LogP contribution in [0.15, 0.2) is 121 Å². The molecule has 4 heteroatoms. The second-order valence-electron chi connectivity index (χ2n) is 7.09. The largest absolute Gasteiger partial charge is 0.117 e. The smallest absolute Gasteiger partial charge is 0.0619 e. The van der Waals surface area contributed by atoms with Crippen LogP contribution in [0, 0.1) is 0 Å². The van der Waals surface area contributed by atoms with Crippen LogP contribution >= 0.6 is 27.4 Å². The van der Waals surface area contributed by atoms with Crippen molar-refractivity contribution < 1.29 is 16.5 Å². The monoisotopic (exact) mass is 504 g/mol. The van der Waals surface area contributed by atoms with Crippen LogP contribution in [0.25, 0.3) is 0 Å². The molecule has 4 rings (SSSR count). The molecule has 31 heavy (non-hydrogen) atoms. The molecular formula is C27H25ClNiP2. The average Bonchev–Trinajstić information content (AvgIpc) is 2.82. The van der Waals surface area contributed by atoms with Gasteiger partial charge in [-0.05, 0) is 49.6 Å². The molecule has 0 saturated carbocycles. The first-order chi connectivity index (χ1) is 14.8. The first-order valence-corrected chi connectivity index (χ1v) is 13.6. The van der Waals surface area contributed by atoms with Crippen LogP contribution < -0.4 is 21.2 Å². The molecule has 1 unspecified atom stereocenters. The maximum atomic E-state index is 7.17. The second-order valence-corrected chi connectivity index (χ2v) is 12.7. The summed E-state index contributed by atoms with van der Waals surface area (Å²) in [6.07, 6.45) is 2.09. The van der Waals surface area contributed by atoms with Crippen LogP contribution in [-0.4, -0.2) is 11.3 Å². The molecule has 4 aromatic carbocycles. The van der Waals surface area contributed by atoms with E-state index in [4.69, 9.17) is 11.6 Å². The Labute approximate surface area is 203 Å². The minimum absolute atomic E-state index is 0. The van der Waals surface area contributed by atoms with Crippen molar-refractivity contribution in [2.75, 3.05) is 6.16 Å². The van der Waals surface area contributed by atoms with Gasteiger partial charge in [0.2, 0.25) is 0 Å². The number of alkyl halides is 1. The molecule has 1 atom stereocenters. The summed E-state index contributed by atoms with van der Waals surface area (Å²) in [6.45, 7) is 0. The van der Waals surface area contributed by atoms with Gasteiger partial charge in [-0.2, -0.15) is 0 Å². The van der Waals surface area contributed by atoms with Crippen LogP contribution in [0.1, 0.15) is 6.42 Å². The van der Waals surface area contributed by atoms with Gasteiger partial charge in [0, 0.05) is 16.5 Å². The third kappa shape index (κ3) is 6.51. The zero-order chi connectivity index (χ0) is 20.6. The van der Waals surface area contributed by atoms with E-state index in [1.54, 1.807) is 0 Å². The minimum Gasteiger partial charge on any atom is -0.117 e. The summed E-state index contributed by atoms with van der Waals surface area (Å²) in [5, 5.41) is 5.64. The third-order valence-electron chi connectivity index (χ3n) is 5.08. The van der Waals surface area contributed by atoms with Crippen molar-refractivity contribution in [3.8, 4) is 0 Å². The van der Waals surface area contributed by atoms with Crippen LogP contribution in [-0.2, 0) is 16.5 Å². The summed E-state index contributed by atoms with van der Waals surface area (Å²) < 4.78 is 0. The molecule has 0 saturated heterocycles. The Morgan fingerprint density at radius 2 is 0.839 bits per heavy atom. The van der Waals surface area contributed by atoms with Crippen molar-refractivity contribution in [3.05, 3.63) is 121 Å². The standard InChI is InChI=1S/C27H25ClP2.Ni/c28-27(30(25-17-9-3-10-18-25)26-19-11-4-12-20-26)21-22-29(23-13-5-1-6-14-23)24-15-7-2-8-16-24;/h1-20,27H,21-22H2;. The van der Waals surface area contributed by atoms with Crippen molar-refractivity contribution in [3.63, 3.8) is 0 Å². The van der Waals surface area contributed by atoms with E-state index in [1.165, 1.54) is 21.2 Å². The Bertz CT molecular complexity index is 935. The van der Waals surface area contributed by atoms with E-state index in [-0.39, 0.29) is 21.6 Å². The third-order valence-corrected chi connectivity index (χ3v) is 11.0. The van der Waals surface area contributed by atoms with E-state index in [0.717, 1.165) is 12.6 Å². The summed E-state index contributed by atoms with van der Waals surface area (Å²) in [5.41, 5.74) is 0. The van der Waals surface area contributed by atoms with E-state index >= 15 is 0 Å². The summed E-state index contributed by atoms with van der Waals surface area (Å²) in [4.78, 5) is 0. The van der Waals surface area contributed by atoms with Gasteiger partial charge in [0.15, 0.2) is 0 Å². The first-order valence-electron chi connectivity index (χ1n) is 10.2. The first kappa shape index (κ1) is 24.2. The van der Waals surface area contributed by atoms with E-state index in [2.05, 4.69) is 121 Å². The van der Waals surface area contributed by atoms with Gasteiger partial charge in [0.1, 0.15) is 0 Å². The minimum atomic E-state index is -0.605. The molecule has 0 aliphatic carbocycles. The molecule has 0 spiro atoms. The summed E-state index contributed by atoms with van der Waals surface area (Å²) in [7, 11) is -1.02. The van der Waals surface area contributed by atoms with Crippen molar-refractivity contribution in [1.29, 1.82) is 0 Å². The molecule has 0 aromatic heterocycles. The Hall–Kier alpha value is -1.48. The maximum absolute atomic E-state index is 7.17. The molecule has 0 aliphatic heterocycles. The van der Waals surface area contributed by atoms with Gasteiger partial charge in [-0.1, -0.05) is 121 Å². The Kier molecular flexibility index (Phi) is 9.77. The zero-order valence-corrected chi connectivity index (χ0v) is 20.7. The van der Waals surface area contributed by atoms with Crippen LogP contribution in [0.3, 0.4) is 0 Å². The molecule has 0 radical (unpaired) electrons. The molecule has 160 valence electrons. The number of hydrogen-bond donors (Lipinski definition) is 0. The van der Waals surface area contributed by atoms with Gasteiger partial charge in [-0.25, -0.2) is 0 Å². The van der Waals surface area contributed by atoms with Crippen LogP contribution in [0.4, 0.5) is 0 Å². The fourth-order valence-electron chi connectivity index (χ4n) is 3.64.